The van der Waals surface area contributed by atoms with Crippen molar-refractivity contribution in [2.45, 2.75) is 47.0 Å². The van der Waals surface area contributed by atoms with Crippen molar-refractivity contribution in [1.29, 1.82) is 0 Å². The molecule has 1 aromatic carbocycles. The van der Waals surface area contributed by atoms with Crippen LogP contribution in [0.5, 0.6) is 0 Å². The van der Waals surface area contributed by atoms with Crippen LogP contribution < -0.4 is 0 Å². The number of ether oxygens (including phenoxy) is 1. The van der Waals surface area contributed by atoms with E-state index in [9.17, 15) is 8.60 Å². The molecule has 1 fully saturated rings. The molecule has 1 aliphatic rings. The van der Waals surface area contributed by atoms with Gasteiger partial charge in [0.25, 0.3) is 0 Å². The first-order valence-electron chi connectivity index (χ1n) is 6.81. The zero-order valence-electron chi connectivity index (χ0n) is 11.7. The Bertz CT molecular complexity index is 471. The maximum atomic E-state index is 14.1. The summed E-state index contributed by atoms with van der Waals surface area (Å²) in [5.74, 6) is 0.223. The number of aryl methyl sites for hydroxylation is 1. The first-order chi connectivity index (χ1) is 9.51. The second-order valence-corrected chi connectivity index (χ2v) is 14.9. The molecule has 2 nitrogen and oxygen atoms in total. The Labute approximate surface area is 137 Å². The minimum absolute atomic E-state index is 0.0150. The predicted octanol–water partition coefficient (Wildman–Crippen LogP) is 3.64. The fraction of sp³-hybridized carbons (Fsp3) is 0.571. The third-order valence-corrected chi connectivity index (χ3v) is 14.1. The topological polar surface area (TPSA) is 26.3 Å². The van der Waals surface area contributed by atoms with E-state index in [-0.39, 0.29) is 15.3 Å². The van der Waals surface area contributed by atoms with Crippen LogP contribution in [0.25, 0.3) is 0 Å². The fourth-order valence-electron chi connectivity index (χ4n) is 2.37. The Morgan fingerprint density at radius 1 is 1.45 bits per heavy atom. The molecule has 5 atom stereocenters. The van der Waals surface area contributed by atoms with Crippen molar-refractivity contribution < 1.29 is 36.7 Å². The molecule has 0 radical (unpaired) electrons. The van der Waals surface area contributed by atoms with E-state index in [1.54, 1.807) is 0 Å². The van der Waals surface area contributed by atoms with Crippen LogP contribution in [-0.4, -0.2) is 28.3 Å². The summed E-state index contributed by atoms with van der Waals surface area (Å²) in [6.45, 7) is 3.94. The summed E-state index contributed by atoms with van der Waals surface area (Å²) in [4.78, 5) is 0.735. The summed E-state index contributed by atoms with van der Waals surface area (Å²) in [5, 5.41) is 0. The van der Waals surface area contributed by atoms with Crippen molar-refractivity contribution in [2.24, 2.45) is 0 Å². The Morgan fingerprint density at radius 2 is 2.10 bits per heavy atom. The molecule has 0 saturated carbocycles. The first kappa shape index (κ1) is 16.8. The monoisotopic (exact) mass is 506 g/mol. The number of rotatable bonds is 4. The molecule has 0 spiro atoms. The van der Waals surface area contributed by atoms with Gasteiger partial charge in [0.05, 0.1) is 0 Å². The number of benzene rings is 1. The number of halogens is 2. The quantitative estimate of drug-likeness (QED) is 0.585. The van der Waals surface area contributed by atoms with Crippen LogP contribution in [0.3, 0.4) is 0 Å². The second-order valence-electron chi connectivity index (χ2n) is 5.37. The summed E-state index contributed by atoms with van der Waals surface area (Å²) in [5.41, 5.74) is 1.12. The molecule has 1 aliphatic heterocycles. The third kappa shape index (κ3) is 4.25. The predicted molar refractivity (Wildman–Crippen MR) is 75.9 cm³/mol. The molecule has 1 heterocycles. The number of hydrogen-bond acceptors (Lipinski definition) is 2. The van der Waals surface area contributed by atoms with Crippen LogP contribution >= 0.6 is 8.25 Å². The first-order valence-corrected chi connectivity index (χ1v) is 18.1. The van der Waals surface area contributed by atoms with E-state index >= 15 is 0 Å². The Kier molecular flexibility index (Phi) is 6.45. The molecule has 1 unspecified atom stereocenters. The molecule has 20 heavy (non-hydrogen) atoms. The molecule has 0 bridgehead atoms. The molecule has 1 saturated heterocycles. The molecular formula is C14H18ClFHgO2S. The molecule has 2 rings (SSSR count). The molecule has 0 aliphatic carbocycles. The van der Waals surface area contributed by atoms with Gasteiger partial charge in [-0.3, -0.25) is 0 Å². The molecule has 0 amide bonds. The van der Waals surface area contributed by atoms with Crippen LogP contribution in [0.4, 0.5) is 4.39 Å². The van der Waals surface area contributed by atoms with Gasteiger partial charge in [-0.25, -0.2) is 0 Å². The standard InChI is InChI=1S/C14H18FO2S.ClH.Hg/c1-10-3-6-12(7-4-10)18(16)9-14-13(15)8-5-11(2)17-14;;/h3-7,11,13-14H,8-9H2,1-2H3;1H;/q;;+1/p-1/t11-,13+,14+,18?;;/m0../s1. The molecule has 0 N–H and O–H groups in total. The summed E-state index contributed by atoms with van der Waals surface area (Å²) in [6.07, 6.45) is -1.10. The van der Waals surface area contributed by atoms with E-state index in [0.717, 1.165) is 10.5 Å². The minimum atomic E-state index is -1.49. The van der Waals surface area contributed by atoms with Gasteiger partial charge in [-0.15, -0.1) is 0 Å². The number of hydrogen-bond donors (Lipinski definition) is 0. The Hall–Kier alpha value is 0.485. The van der Waals surface area contributed by atoms with Gasteiger partial charge in [-0.1, -0.05) is 0 Å². The average molecular weight is 505 g/mol. The summed E-state index contributed by atoms with van der Waals surface area (Å²) in [7, 11) is 4.80. The van der Waals surface area contributed by atoms with Crippen molar-refractivity contribution in [2.75, 3.05) is 5.75 Å². The molecule has 6 heteroatoms. The van der Waals surface area contributed by atoms with Gasteiger partial charge in [0, 0.05) is 0 Å². The Balaban J connectivity index is 1.99. The molecule has 1 aromatic rings. The molecular weight excluding hydrogens is 487 g/mol. The van der Waals surface area contributed by atoms with E-state index < -0.39 is 46.4 Å². The Morgan fingerprint density at radius 3 is 2.70 bits per heavy atom. The van der Waals surface area contributed by atoms with Crippen molar-refractivity contribution in [3.05, 3.63) is 29.8 Å². The van der Waals surface area contributed by atoms with E-state index in [2.05, 4.69) is 0 Å². The van der Waals surface area contributed by atoms with Crippen LogP contribution in [-0.2, 0) is 38.9 Å². The van der Waals surface area contributed by atoms with Gasteiger partial charge in [0.1, 0.15) is 0 Å². The van der Waals surface area contributed by atoms with E-state index in [4.69, 9.17) is 13.0 Å². The van der Waals surface area contributed by atoms with Crippen LogP contribution in [0.1, 0.15) is 18.9 Å². The van der Waals surface area contributed by atoms with Crippen LogP contribution in [0.15, 0.2) is 29.2 Å². The number of alkyl halides is 1. The normalized spacial score (nSPS) is 31.6. The average Bonchev–Trinajstić information content (AvgIpc) is 2.43. The van der Waals surface area contributed by atoms with Gasteiger partial charge in [0.2, 0.25) is 0 Å². The van der Waals surface area contributed by atoms with Crippen molar-refractivity contribution in [3.63, 3.8) is 0 Å². The van der Waals surface area contributed by atoms with Gasteiger partial charge in [-0.05, 0) is 0 Å². The van der Waals surface area contributed by atoms with Gasteiger partial charge < -0.3 is 0 Å². The second kappa shape index (κ2) is 7.66. The maximum absolute atomic E-state index is 14.1. The van der Waals surface area contributed by atoms with E-state index in [0.29, 0.717) is 6.42 Å². The molecule has 0 aromatic heterocycles. The van der Waals surface area contributed by atoms with Gasteiger partial charge in [-0.2, -0.15) is 0 Å². The van der Waals surface area contributed by atoms with Gasteiger partial charge in [0.15, 0.2) is 0 Å². The fourth-order valence-corrected chi connectivity index (χ4v) is 10.0. The zero-order chi connectivity index (χ0) is 14.7. The van der Waals surface area contributed by atoms with Crippen LogP contribution in [0.2, 0.25) is 3.43 Å². The van der Waals surface area contributed by atoms with E-state index in [1.165, 1.54) is 0 Å². The summed E-state index contributed by atoms with van der Waals surface area (Å²) >= 11 is -1.49. The van der Waals surface area contributed by atoms with Crippen molar-refractivity contribution in [1.82, 2.24) is 0 Å². The third-order valence-electron chi connectivity index (χ3n) is 3.78. The van der Waals surface area contributed by atoms with E-state index in [1.807, 2.05) is 38.1 Å². The zero-order valence-corrected chi connectivity index (χ0v) is 18.8. The summed E-state index contributed by atoms with van der Waals surface area (Å²) < 4.78 is 32.4. The SMILES string of the molecule is Cc1ccc(S(=O)C[C@H]2O[C@@H](C)[C@H]([Hg][Cl])C[C@H]2F)cc1. The van der Waals surface area contributed by atoms with Crippen LogP contribution in [0, 0.1) is 6.92 Å². The summed E-state index contributed by atoms with van der Waals surface area (Å²) in [6, 6.07) is 7.51. The van der Waals surface area contributed by atoms with Gasteiger partial charge >= 0.3 is 138 Å². The molecule has 108 valence electrons. The van der Waals surface area contributed by atoms with Crippen molar-refractivity contribution >= 4 is 19.0 Å². The van der Waals surface area contributed by atoms with Crippen molar-refractivity contribution in [3.8, 4) is 0 Å².